The summed E-state index contributed by atoms with van der Waals surface area (Å²) in [6.45, 7) is 2.31. The fourth-order valence-corrected chi connectivity index (χ4v) is 3.11. The first-order chi connectivity index (χ1) is 14.5. The Kier molecular flexibility index (Phi) is 6.56. The van der Waals surface area contributed by atoms with Crippen LogP contribution in [-0.2, 0) is 11.3 Å². The highest BCUT2D eigenvalue weighted by Gasteiger charge is 2.16. The summed E-state index contributed by atoms with van der Waals surface area (Å²) in [7, 11) is 6.23. The van der Waals surface area contributed by atoms with E-state index in [-0.39, 0.29) is 6.61 Å². The number of esters is 1. The van der Waals surface area contributed by atoms with Gasteiger partial charge in [0.05, 0.1) is 40.6 Å². The molecule has 0 saturated heterocycles. The molecule has 1 heterocycles. The van der Waals surface area contributed by atoms with Gasteiger partial charge in [0.25, 0.3) is 0 Å². The van der Waals surface area contributed by atoms with Crippen molar-refractivity contribution in [2.45, 2.75) is 13.5 Å². The van der Waals surface area contributed by atoms with Crippen LogP contribution in [0.3, 0.4) is 0 Å². The highest BCUT2D eigenvalue weighted by atomic mass is 16.5. The Morgan fingerprint density at radius 3 is 2.07 bits per heavy atom. The number of aromatic nitrogens is 1. The minimum Gasteiger partial charge on any atom is -0.493 e. The van der Waals surface area contributed by atoms with Crippen LogP contribution in [0.2, 0.25) is 0 Å². The molecule has 0 saturated carbocycles. The number of carbonyl (C=O) groups is 1. The summed E-state index contributed by atoms with van der Waals surface area (Å²) in [4.78, 5) is 15.0. The molecule has 8 nitrogen and oxygen atoms in total. The highest BCUT2D eigenvalue weighted by molar-refractivity contribution is 5.95. The smallest absolute Gasteiger partial charge is 0.354 e. The third kappa shape index (κ3) is 4.22. The number of nitrogens with one attached hydrogen (secondary N) is 1. The molecule has 0 aliphatic heterocycles. The third-order valence-electron chi connectivity index (χ3n) is 4.52. The first kappa shape index (κ1) is 21.2. The van der Waals surface area contributed by atoms with Crippen molar-refractivity contribution in [3.05, 3.63) is 41.6 Å². The van der Waals surface area contributed by atoms with Gasteiger partial charge in [-0.25, -0.2) is 4.79 Å². The lowest BCUT2D eigenvalue weighted by Crippen LogP contribution is -2.04. The van der Waals surface area contributed by atoms with E-state index in [1.807, 2.05) is 18.2 Å². The zero-order valence-electron chi connectivity index (χ0n) is 17.7. The van der Waals surface area contributed by atoms with E-state index in [9.17, 15) is 4.79 Å². The summed E-state index contributed by atoms with van der Waals surface area (Å²) in [5, 5.41) is 0.804. The maximum atomic E-state index is 12.0. The van der Waals surface area contributed by atoms with Gasteiger partial charge >= 0.3 is 5.97 Å². The molecular weight excluding hydrogens is 390 g/mol. The molecule has 3 aromatic rings. The van der Waals surface area contributed by atoms with Gasteiger partial charge in [0.2, 0.25) is 5.75 Å². The van der Waals surface area contributed by atoms with Crippen LogP contribution in [0.1, 0.15) is 23.0 Å². The molecular formula is C22H25NO7. The largest absolute Gasteiger partial charge is 0.493 e. The van der Waals surface area contributed by atoms with Crippen molar-refractivity contribution in [1.29, 1.82) is 0 Å². The predicted molar refractivity (Wildman–Crippen MR) is 111 cm³/mol. The number of ether oxygens (including phenoxy) is 6. The number of carbonyl (C=O) groups excluding carboxylic acids is 1. The number of rotatable bonds is 9. The number of hydrogen-bond acceptors (Lipinski definition) is 7. The fraction of sp³-hybridized carbons (Fsp3) is 0.318. The van der Waals surface area contributed by atoms with E-state index in [0.717, 1.165) is 16.5 Å². The Bertz CT molecular complexity index is 1020. The lowest BCUT2D eigenvalue weighted by atomic mass is 10.2. The maximum absolute atomic E-state index is 12.0. The van der Waals surface area contributed by atoms with Crippen molar-refractivity contribution in [3.8, 4) is 28.7 Å². The van der Waals surface area contributed by atoms with Gasteiger partial charge < -0.3 is 33.4 Å². The summed E-state index contributed by atoms with van der Waals surface area (Å²) >= 11 is 0. The van der Waals surface area contributed by atoms with Crippen LogP contribution in [-0.4, -0.2) is 46.0 Å². The van der Waals surface area contributed by atoms with E-state index in [1.54, 1.807) is 47.5 Å². The lowest BCUT2D eigenvalue weighted by molar-refractivity contribution is 0.0520. The molecule has 8 heteroatoms. The minimum atomic E-state index is -0.410. The molecule has 3 rings (SSSR count). The number of hydrogen-bond donors (Lipinski definition) is 1. The number of benzene rings is 2. The number of H-pyrrole nitrogens is 1. The summed E-state index contributed by atoms with van der Waals surface area (Å²) in [5.74, 6) is 2.26. The van der Waals surface area contributed by atoms with E-state index in [0.29, 0.717) is 41.0 Å². The monoisotopic (exact) mass is 415 g/mol. The molecule has 2 aromatic carbocycles. The first-order valence-electron chi connectivity index (χ1n) is 9.34. The van der Waals surface area contributed by atoms with Crippen molar-refractivity contribution < 1.29 is 33.2 Å². The summed E-state index contributed by atoms with van der Waals surface area (Å²) in [6.07, 6.45) is 0. The van der Waals surface area contributed by atoms with Crippen molar-refractivity contribution in [2.24, 2.45) is 0 Å². The second-order valence-electron chi connectivity index (χ2n) is 6.32. The quantitative estimate of drug-likeness (QED) is 0.529. The van der Waals surface area contributed by atoms with Gasteiger partial charge in [-0.1, -0.05) is 0 Å². The maximum Gasteiger partial charge on any atom is 0.354 e. The summed E-state index contributed by atoms with van der Waals surface area (Å²) < 4.78 is 32.6. The molecule has 0 atom stereocenters. The Balaban J connectivity index is 1.89. The van der Waals surface area contributed by atoms with Crippen LogP contribution in [0.5, 0.6) is 28.7 Å². The molecule has 0 bridgehead atoms. The first-order valence-corrected chi connectivity index (χ1v) is 9.34. The predicted octanol–water partition coefficient (Wildman–Crippen LogP) is 3.96. The molecule has 1 aromatic heterocycles. The van der Waals surface area contributed by atoms with Gasteiger partial charge in [0.15, 0.2) is 23.0 Å². The van der Waals surface area contributed by atoms with Gasteiger partial charge in [-0.05, 0) is 36.8 Å². The van der Waals surface area contributed by atoms with Crippen LogP contribution in [0.15, 0.2) is 30.3 Å². The van der Waals surface area contributed by atoms with Crippen molar-refractivity contribution in [3.63, 3.8) is 0 Å². The van der Waals surface area contributed by atoms with Crippen LogP contribution >= 0.6 is 0 Å². The molecule has 1 N–H and O–H groups in total. The van der Waals surface area contributed by atoms with Crippen molar-refractivity contribution in [2.75, 3.05) is 35.0 Å². The highest BCUT2D eigenvalue weighted by Crippen LogP contribution is 2.39. The second kappa shape index (κ2) is 9.30. The molecule has 0 unspecified atom stereocenters. The van der Waals surface area contributed by atoms with Gasteiger partial charge in [0, 0.05) is 11.5 Å². The van der Waals surface area contributed by atoms with Gasteiger partial charge in [0.1, 0.15) is 12.3 Å². The zero-order chi connectivity index (χ0) is 21.7. The number of aromatic amines is 1. The molecule has 0 spiro atoms. The van der Waals surface area contributed by atoms with E-state index >= 15 is 0 Å². The van der Waals surface area contributed by atoms with Gasteiger partial charge in [-0.15, -0.1) is 0 Å². The molecule has 0 aliphatic carbocycles. The van der Waals surface area contributed by atoms with Gasteiger partial charge in [-0.2, -0.15) is 0 Å². The topological polar surface area (TPSA) is 88.2 Å². The molecule has 0 amide bonds. The molecule has 0 aliphatic rings. The molecule has 0 fully saturated rings. The fourth-order valence-electron chi connectivity index (χ4n) is 3.11. The number of fused-ring (bicyclic) bond motifs is 1. The summed E-state index contributed by atoms with van der Waals surface area (Å²) in [6, 6.07) is 8.95. The minimum absolute atomic E-state index is 0.244. The standard InChI is InChI=1S/C22H25NO7/c1-6-29-22(24)16-9-14-10-18(17(25-2)11-15(14)23-16)30-12-13-7-19(26-3)21(28-5)20(8-13)27-4/h7-11,23H,6,12H2,1-5H3. The lowest BCUT2D eigenvalue weighted by Gasteiger charge is -2.15. The van der Waals surface area contributed by atoms with E-state index < -0.39 is 5.97 Å². The van der Waals surface area contributed by atoms with Crippen LogP contribution < -0.4 is 23.7 Å². The Morgan fingerprint density at radius 1 is 0.833 bits per heavy atom. The zero-order valence-corrected chi connectivity index (χ0v) is 17.7. The van der Waals surface area contributed by atoms with Crippen molar-refractivity contribution >= 4 is 16.9 Å². The SMILES string of the molecule is CCOC(=O)c1cc2cc(OCc3cc(OC)c(OC)c(OC)c3)c(OC)cc2[nH]1. The Morgan fingerprint density at radius 2 is 1.50 bits per heavy atom. The summed E-state index contributed by atoms with van der Waals surface area (Å²) in [5.41, 5.74) is 1.94. The average Bonchev–Trinajstić information content (AvgIpc) is 3.19. The van der Waals surface area contributed by atoms with Crippen LogP contribution in [0.25, 0.3) is 10.9 Å². The van der Waals surface area contributed by atoms with E-state index in [2.05, 4.69) is 4.98 Å². The second-order valence-corrected chi connectivity index (χ2v) is 6.32. The molecule has 30 heavy (non-hydrogen) atoms. The average molecular weight is 415 g/mol. The van der Waals surface area contributed by atoms with Crippen LogP contribution in [0, 0.1) is 0 Å². The van der Waals surface area contributed by atoms with Crippen LogP contribution in [0.4, 0.5) is 0 Å². The third-order valence-corrected chi connectivity index (χ3v) is 4.52. The molecule has 0 radical (unpaired) electrons. The van der Waals surface area contributed by atoms with Crippen molar-refractivity contribution in [1.82, 2.24) is 4.98 Å². The van der Waals surface area contributed by atoms with E-state index in [4.69, 9.17) is 28.4 Å². The Hall–Kier alpha value is -3.55. The number of methoxy groups -OCH3 is 4. The van der Waals surface area contributed by atoms with E-state index in [1.165, 1.54) is 0 Å². The Labute approximate surface area is 174 Å². The normalized spacial score (nSPS) is 10.6. The van der Waals surface area contributed by atoms with Gasteiger partial charge in [-0.3, -0.25) is 0 Å². The molecule has 160 valence electrons.